The molecule has 0 aromatic heterocycles. The molecule has 1 heterocycles. The molecule has 0 amide bonds. The van der Waals surface area contributed by atoms with Crippen molar-refractivity contribution in [3.05, 3.63) is 0 Å². The number of rotatable bonds is 1. The summed E-state index contributed by atoms with van der Waals surface area (Å²) in [5.41, 5.74) is 4.71. The summed E-state index contributed by atoms with van der Waals surface area (Å²) >= 11 is 0. The van der Waals surface area contributed by atoms with Gasteiger partial charge in [0.1, 0.15) is 0 Å². The maximum atomic E-state index is 11.2. The van der Waals surface area contributed by atoms with E-state index in [2.05, 4.69) is 17.9 Å². The van der Waals surface area contributed by atoms with Gasteiger partial charge in [-0.15, -0.1) is 0 Å². The van der Waals surface area contributed by atoms with Crippen LogP contribution >= 0.6 is 15.6 Å². The van der Waals surface area contributed by atoms with Crippen molar-refractivity contribution in [3.63, 3.8) is 0 Å². The van der Waals surface area contributed by atoms with E-state index in [0.29, 0.717) is 0 Å². The Morgan fingerprint density at radius 3 is 2.62 bits per heavy atom. The van der Waals surface area contributed by atoms with Gasteiger partial charge in [0.25, 0.3) is 6.02 Å². The molecule has 2 unspecified atom stereocenters. The smallest absolute Gasteiger partial charge is 0.370 e. The van der Waals surface area contributed by atoms with Crippen LogP contribution in [0, 0.1) is 5.41 Å². The molecule has 0 spiro atoms. The van der Waals surface area contributed by atoms with Gasteiger partial charge in [0.15, 0.2) is 6.79 Å². The van der Waals surface area contributed by atoms with Crippen LogP contribution in [-0.4, -0.2) is 17.7 Å². The fourth-order valence-corrected chi connectivity index (χ4v) is 2.76. The zero-order chi connectivity index (χ0) is 10.1. The minimum absolute atomic E-state index is 0.738. The van der Waals surface area contributed by atoms with Gasteiger partial charge >= 0.3 is 15.6 Å². The molecule has 11 heteroatoms. The Kier molecular flexibility index (Phi) is 2.76. The molecular formula is C2H6N2O7P2. The molecule has 1 rings (SSSR count). The third-order valence-corrected chi connectivity index (χ3v) is 3.74. The lowest BCUT2D eigenvalue weighted by Gasteiger charge is -2.23. The third kappa shape index (κ3) is 3.07. The van der Waals surface area contributed by atoms with Crippen molar-refractivity contribution >= 4 is 21.7 Å². The minimum atomic E-state index is -4.43. The molecule has 0 aromatic rings. The first-order valence-corrected chi connectivity index (χ1v) is 5.75. The Bertz CT molecular complexity index is 314. The molecule has 1 fully saturated rings. The van der Waals surface area contributed by atoms with Gasteiger partial charge in [-0.3, -0.25) is 9.93 Å². The van der Waals surface area contributed by atoms with Crippen molar-refractivity contribution in [2.45, 2.75) is 0 Å². The van der Waals surface area contributed by atoms with Gasteiger partial charge in [-0.25, -0.2) is 13.7 Å². The molecule has 0 radical (unpaired) electrons. The maximum Gasteiger partial charge on any atom is 0.543 e. The molecule has 9 nitrogen and oxygen atoms in total. The van der Waals surface area contributed by atoms with Crippen LogP contribution in [-0.2, 0) is 27.0 Å². The van der Waals surface area contributed by atoms with Crippen LogP contribution in [0.5, 0.6) is 0 Å². The van der Waals surface area contributed by atoms with E-state index in [1.807, 2.05) is 0 Å². The summed E-state index contributed by atoms with van der Waals surface area (Å²) in [7, 11) is -8.71. The number of nitrogens with one attached hydrogen (secondary N) is 1. The second kappa shape index (κ2) is 3.38. The Morgan fingerprint density at radius 1 is 1.54 bits per heavy atom. The van der Waals surface area contributed by atoms with Crippen molar-refractivity contribution in [2.75, 3.05) is 6.79 Å². The summed E-state index contributed by atoms with van der Waals surface area (Å²) in [6.45, 7) is -0.738. The van der Waals surface area contributed by atoms with E-state index in [0.717, 1.165) is 0 Å². The summed E-state index contributed by atoms with van der Waals surface area (Å²) < 4.78 is 38.2. The number of phosphoric acid groups is 2. The van der Waals surface area contributed by atoms with E-state index in [4.69, 9.17) is 16.0 Å². The van der Waals surface area contributed by atoms with E-state index in [-0.39, 0.29) is 0 Å². The largest absolute Gasteiger partial charge is 0.543 e. The van der Waals surface area contributed by atoms with Crippen LogP contribution in [0.25, 0.3) is 0 Å². The monoisotopic (exact) mass is 232 g/mol. The number of phosphoric ester groups is 2. The second-order valence-electron chi connectivity index (χ2n) is 1.83. The van der Waals surface area contributed by atoms with Gasteiger partial charge in [-0.2, -0.15) is 4.31 Å². The van der Waals surface area contributed by atoms with E-state index in [9.17, 15) is 9.13 Å². The van der Waals surface area contributed by atoms with Crippen molar-refractivity contribution in [1.82, 2.24) is 0 Å². The number of hydrogen-bond acceptors (Lipinski definition) is 7. The summed E-state index contributed by atoms with van der Waals surface area (Å²) in [5, 5.41) is 6.60. The van der Waals surface area contributed by atoms with Gasteiger partial charge in [0.05, 0.1) is 0 Å². The van der Waals surface area contributed by atoms with E-state index in [1.165, 1.54) is 0 Å². The first-order chi connectivity index (χ1) is 5.83. The van der Waals surface area contributed by atoms with E-state index >= 15 is 0 Å². The second-order valence-corrected chi connectivity index (χ2v) is 5.01. The molecule has 0 aliphatic carbocycles. The van der Waals surface area contributed by atoms with Crippen LogP contribution in [0.4, 0.5) is 0 Å². The molecule has 1 saturated heterocycles. The van der Waals surface area contributed by atoms with Crippen LogP contribution in [0.2, 0.25) is 0 Å². The summed E-state index contributed by atoms with van der Waals surface area (Å²) in [6, 6.07) is -0.953. The average Bonchev–Trinajstić information content (AvgIpc) is 1.79. The average molecular weight is 232 g/mol. The Hall–Kier alpha value is -0.430. The maximum absolute atomic E-state index is 11.2. The first kappa shape index (κ1) is 10.6. The van der Waals surface area contributed by atoms with Gasteiger partial charge in [-0.05, 0) is 0 Å². The molecule has 0 saturated carbocycles. The van der Waals surface area contributed by atoms with Crippen LogP contribution < -0.4 is 5.73 Å². The highest BCUT2D eigenvalue weighted by Gasteiger charge is 2.44. The van der Waals surface area contributed by atoms with Gasteiger partial charge in [0, 0.05) is 0 Å². The molecule has 76 valence electrons. The van der Waals surface area contributed by atoms with Gasteiger partial charge in [0.2, 0.25) is 0 Å². The number of nitrogens with two attached hydrogens (primary N) is 1. The SMILES string of the molecule is N=C(N)OP1(=O)OCOP(=O)(O)O1. The highest BCUT2D eigenvalue weighted by Crippen LogP contribution is 2.66. The lowest BCUT2D eigenvalue weighted by Crippen LogP contribution is -2.17. The highest BCUT2D eigenvalue weighted by atomic mass is 31.3. The van der Waals surface area contributed by atoms with Crippen molar-refractivity contribution in [3.8, 4) is 0 Å². The van der Waals surface area contributed by atoms with Crippen molar-refractivity contribution in [1.29, 1.82) is 5.41 Å². The number of amidine groups is 1. The zero-order valence-corrected chi connectivity index (χ0v) is 7.86. The highest BCUT2D eigenvalue weighted by molar-refractivity contribution is 7.62. The predicted molar refractivity (Wildman–Crippen MR) is 38.6 cm³/mol. The third-order valence-electron chi connectivity index (χ3n) is 0.840. The fraction of sp³-hybridized carbons (Fsp3) is 0.500. The normalized spacial score (nSPS) is 39.8. The molecule has 4 N–H and O–H groups in total. The molecule has 1 aliphatic rings. The Morgan fingerprint density at radius 2 is 2.15 bits per heavy atom. The minimum Gasteiger partial charge on any atom is -0.370 e. The van der Waals surface area contributed by atoms with Gasteiger partial charge < -0.3 is 15.2 Å². The zero-order valence-electron chi connectivity index (χ0n) is 6.08. The topological polar surface area (TPSA) is 141 Å². The molecule has 0 aromatic carbocycles. The summed E-state index contributed by atoms with van der Waals surface area (Å²) in [5.74, 6) is 0. The van der Waals surface area contributed by atoms with Gasteiger partial charge in [-0.1, -0.05) is 0 Å². The Labute approximate surface area is 72.5 Å². The lowest BCUT2D eigenvalue weighted by molar-refractivity contribution is 0.0253. The molecule has 13 heavy (non-hydrogen) atoms. The molecule has 0 bridgehead atoms. The first-order valence-electron chi connectivity index (χ1n) is 2.80. The lowest BCUT2D eigenvalue weighted by atomic mass is 11.3. The standard InChI is InChI=1S/C2H6N2O7P2/c3-2(4)10-13(7)9-1-8-12(5,6)11-13/h1H2,(H3,3,4)(H,5,6). The summed E-state index contributed by atoms with van der Waals surface area (Å²) in [4.78, 5) is 8.69. The Balaban J connectivity index is 2.75. The summed E-state index contributed by atoms with van der Waals surface area (Å²) in [6.07, 6.45) is 0. The van der Waals surface area contributed by atoms with E-state index < -0.39 is 28.5 Å². The number of hydrogen-bond donors (Lipinski definition) is 3. The van der Waals surface area contributed by atoms with Crippen molar-refractivity contribution < 1.29 is 31.9 Å². The van der Waals surface area contributed by atoms with Crippen molar-refractivity contribution in [2.24, 2.45) is 5.73 Å². The fourth-order valence-electron chi connectivity index (χ4n) is 0.492. The van der Waals surface area contributed by atoms with Crippen LogP contribution in [0.1, 0.15) is 0 Å². The quantitative estimate of drug-likeness (QED) is 0.329. The van der Waals surface area contributed by atoms with Crippen LogP contribution in [0.3, 0.4) is 0 Å². The van der Waals surface area contributed by atoms with Crippen LogP contribution in [0.15, 0.2) is 0 Å². The molecular weight excluding hydrogens is 226 g/mol. The predicted octanol–water partition coefficient (Wildman–Crippen LogP) is 0.126. The molecule has 1 aliphatic heterocycles. The molecule has 2 atom stereocenters. The van der Waals surface area contributed by atoms with E-state index in [1.54, 1.807) is 0 Å².